The van der Waals surface area contributed by atoms with E-state index in [0.29, 0.717) is 11.2 Å². The number of hydrogen-bond acceptors (Lipinski definition) is 2. The first-order chi connectivity index (χ1) is 6.23. The predicted molar refractivity (Wildman–Crippen MR) is 68.6 cm³/mol. The Labute approximate surface area is 106 Å². The van der Waals surface area contributed by atoms with E-state index < -0.39 is 5.54 Å². The molecule has 2 unspecified atom stereocenters. The fourth-order valence-electron chi connectivity index (χ4n) is 1.31. The summed E-state index contributed by atoms with van der Waals surface area (Å²) in [6.07, 6.45) is 1.52. The largest absolute Gasteiger partial charge is 0.355 e. The smallest absolute Gasteiger partial charge is 0.221 e. The number of alkyl halides is 1. The summed E-state index contributed by atoms with van der Waals surface area (Å²) in [6, 6.07) is 0. The number of rotatable bonds is 4. The summed E-state index contributed by atoms with van der Waals surface area (Å²) in [7, 11) is 0. The summed E-state index contributed by atoms with van der Waals surface area (Å²) in [4.78, 5) is 12.0. The minimum atomic E-state index is -0.414. The molecule has 2 atom stereocenters. The van der Waals surface area contributed by atoms with Gasteiger partial charge in [0.05, 0.1) is 0 Å². The van der Waals surface area contributed by atoms with Crippen LogP contribution in [0.3, 0.4) is 0 Å². The van der Waals surface area contributed by atoms with Crippen LogP contribution in [0.5, 0.6) is 0 Å². The van der Waals surface area contributed by atoms with Gasteiger partial charge < -0.3 is 11.1 Å². The SMILES string of the molecule is CC(C)(N)CC(=O)NCC1(C)CC1Br.Cl. The Morgan fingerprint density at radius 2 is 2.13 bits per heavy atom. The summed E-state index contributed by atoms with van der Waals surface area (Å²) >= 11 is 3.54. The van der Waals surface area contributed by atoms with Crippen LogP contribution in [0.15, 0.2) is 0 Å². The van der Waals surface area contributed by atoms with Crippen molar-refractivity contribution >= 4 is 34.2 Å². The lowest BCUT2D eigenvalue weighted by Gasteiger charge is -2.18. The third-order valence-corrected chi connectivity index (χ3v) is 3.98. The Balaban J connectivity index is 0.00000196. The number of halogens is 2. The van der Waals surface area contributed by atoms with E-state index in [0.717, 1.165) is 13.0 Å². The van der Waals surface area contributed by atoms with Crippen LogP contribution in [-0.2, 0) is 4.79 Å². The topological polar surface area (TPSA) is 55.1 Å². The van der Waals surface area contributed by atoms with E-state index in [9.17, 15) is 4.79 Å². The van der Waals surface area contributed by atoms with Crippen LogP contribution in [0.2, 0.25) is 0 Å². The van der Waals surface area contributed by atoms with Crippen molar-refractivity contribution in [2.24, 2.45) is 11.1 Å². The molecule has 0 aromatic rings. The Bertz CT molecular complexity index is 242. The molecule has 1 aliphatic rings. The summed E-state index contributed by atoms with van der Waals surface area (Å²) in [5, 5.41) is 2.92. The van der Waals surface area contributed by atoms with Gasteiger partial charge in [-0.15, -0.1) is 12.4 Å². The molecule has 0 saturated heterocycles. The molecule has 90 valence electrons. The molecule has 3 nitrogen and oxygen atoms in total. The second kappa shape index (κ2) is 5.02. The Kier molecular flexibility index (Phi) is 5.09. The number of carbonyl (C=O) groups excluding carboxylic acids is 1. The first kappa shape index (κ1) is 15.2. The molecule has 0 aromatic heterocycles. The van der Waals surface area contributed by atoms with Crippen LogP contribution in [0, 0.1) is 5.41 Å². The molecule has 0 spiro atoms. The zero-order valence-electron chi connectivity index (χ0n) is 9.47. The third kappa shape index (κ3) is 5.18. The molecular formula is C10H20BrClN2O. The van der Waals surface area contributed by atoms with Gasteiger partial charge >= 0.3 is 0 Å². The normalized spacial score (nSPS) is 29.3. The Hall–Kier alpha value is 0.200. The lowest BCUT2D eigenvalue weighted by molar-refractivity contribution is -0.122. The van der Waals surface area contributed by atoms with Gasteiger partial charge in [-0.1, -0.05) is 22.9 Å². The standard InChI is InChI=1S/C10H19BrN2O.ClH/c1-9(2,12)5-8(14)13-6-10(3)4-7(10)11;/h7H,4-6,12H2,1-3H3,(H,13,14);1H. The van der Waals surface area contributed by atoms with Gasteiger partial charge in [-0.25, -0.2) is 0 Å². The van der Waals surface area contributed by atoms with Crippen molar-refractivity contribution in [1.82, 2.24) is 5.32 Å². The van der Waals surface area contributed by atoms with E-state index >= 15 is 0 Å². The maximum atomic E-state index is 11.4. The van der Waals surface area contributed by atoms with E-state index in [-0.39, 0.29) is 23.7 Å². The molecule has 0 aromatic carbocycles. The van der Waals surface area contributed by atoms with E-state index in [1.165, 1.54) is 0 Å². The van der Waals surface area contributed by atoms with Crippen molar-refractivity contribution in [3.8, 4) is 0 Å². The quantitative estimate of drug-likeness (QED) is 0.778. The van der Waals surface area contributed by atoms with Crippen molar-refractivity contribution in [2.45, 2.75) is 44.0 Å². The van der Waals surface area contributed by atoms with Crippen LogP contribution in [0.25, 0.3) is 0 Å². The van der Waals surface area contributed by atoms with E-state index in [1.54, 1.807) is 0 Å². The molecule has 1 aliphatic carbocycles. The number of nitrogens with two attached hydrogens (primary N) is 1. The van der Waals surface area contributed by atoms with Crippen LogP contribution >= 0.6 is 28.3 Å². The van der Waals surface area contributed by atoms with Gasteiger partial charge in [0.15, 0.2) is 0 Å². The number of hydrogen-bond donors (Lipinski definition) is 2. The van der Waals surface area contributed by atoms with Crippen molar-refractivity contribution in [1.29, 1.82) is 0 Å². The second-order valence-corrected chi connectivity index (χ2v) is 6.37. The van der Waals surface area contributed by atoms with Crippen molar-refractivity contribution < 1.29 is 4.79 Å². The third-order valence-electron chi connectivity index (χ3n) is 2.55. The molecular weight excluding hydrogens is 279 g/mol. The summed E-state index contributed by atoms with van der Waals surface area (Å²) in [5.74, 6) is 0.0466. The molecule has 0 heterocycles. The molecule has 1 amide bonds. The minimum absolute atomic E-state index is 0. The molecule has 15 heavy (non-hydrogen) atoms. The fourth-order valence-corrected chi connectivity index (χ4v) is 2.21. The van der Waals surface area contributed by atoms with Crippen LogP contribution in [0.4, 0.5) is 0 Å². The van der Waals surface area contributed by atoms with Gasteiger partial charge in [-0.3, -0.25) is 4.79 Å². The number of nitrogens with one attached hydrogen (secondary N) is 1. The highest BCUT2D eigenvalue weighted by atomic mass is 79.9. The first-order valence-electron chi connectivity index (χ1n) is 4.93. The number of amides is 1. The summed E-state index contributed by atoms with van der Waals surface area (Å²) < 4.78 is 0. The fraction of sp³-hybridized carbons (Fsp3) is 0.900. The zero-order chi connectivity index (χ0) is 11.0. The molecule has 1 rings (SSSR count). The van der Waals surface area contributed by atoms with Gasteiger partial charge in [-0.2, -0.15) is 0 Å². The molecule has 0 aliphatic heterocycles. The monoisotopic (exact) mass is 298 g/mol. The van der Waals surface area contributed by atoms with Gasteiger partial charge in [0, 0.05) is 23.3 Å². The molecule has 5 heteroatoms. The van der Waals surface area contributed by atoms with Gasteiger partial charge in [0.2, 0.25) is 5.91 Å². The highest BCUT2D eigenvalue weighted by Crippen LogP contribution is 2.50. The van der Waals surface area contributed by atoms with Crippen LogP contribution in [0.1, 0.15) is 33.6 Å². The molecule has 0 radical (unpaired) electrons. The first-order valence-corrected chi connectivity index (χ1v) is 5.84. The average Bonchev–Trinajstić information content (AvgIpc) is 2.53. The maximum absolute atomic E-state index is 11.4. The van der Waals surface area contributed by atoms with E-state index in [4.69, 9.17) is 5.73 Å². The lowest BCUT2D eigenvalue weighted by atomic mass is 10.0. The molecule has 1 saturated carbocycles. The van der Waals surface area contributed by atoms with Crippen LogP contribution in [-0.4, -0.2) is 22.8 Å². The van der Waals surface area contributed by atoms with E-state index in [2.05, 4.69) is 28.2 Å². The maximum Gasteiger partial charge on any atom is 0.221 e. The van der Waals surface area contributed by atoms with Gasteiger partial charge in [0.25, 0.3) is 0 Å². The van der Waals surface area contributed by atoms with Crippen molar-refractivity contribution in [2.75, 3.05) is 6.54 Å². The predicted octanol–water partition coefficient (Wildman–Crippen LogP) is 1.83. The highest BCUT2D eigenvalue weighted by molar-refractivity contribution is 9.09. The molecule has 0 bridgehead atoms. The number of carbonyl (C=O) groups is 1. The molecule has 3 N–H and O–H groups in total. The zero-order valence-corrected chi connectivity index (χ0v) is 11.9. The highest BCUT2D eigenvalue weighted by Gasteiger charge is 2.48. The van der Waals surface area contributed by atoms with Crippen molar-refractivity contribution in [3.05, 3.63) is 0 Å². The summed E-state index contributed by atoms with van der Waals surface area (Å²) in [5.41, 5.74) is 5.59. The van der Waals surface area contributed by atoms with Crippen LogP contribution < -0.4 is 11.1 Å². The van der Waals surface area contributed by atoms with E-state index in [1.807, 2.05) is 13.8 Å². The van der Waals surface area contributed by atoms with Crippen molar-refractivity contribution in [3.63, 3.8) is 0 Å². The summed E-state index contributed by atoms with van der Waals surface area (Å²) in [6.45, 7) is 6.63. The van der Waals surface area contributed by atoms with Gasteiger partial charge in [0.1, 0.15) is 0 Å². The lowest BCUT2D eigenvalue weighted by Crippen LogP contribution is -2.40. The van der Waals surface area contributed by atoms with Gasteiger partial charge in [-0.05, 0) is 25.7 Å². The second-order valence-electron chi connectivity index (χ2n) is 5.27. The Morgan fingerprint density at radius 1 is 1.67 bits per heavy atom. The Morgan fingerprint density at radius 3 is 2.47 bits per heavy atom. The average molecular weight is 300 g/mol. The molecule has 1 fully saturated rings. The minimum Gasteiger partial charge on any atom is -0.355 e.